The molecule has 0 saturated heterocycles. The third-order valence-electron chi connectivity index (χ3n) is 2.64. The van der Waals surface area contributed by atoms with Crippen LogP contribution in [0.1, 0.15) is 20.1 Å². The molecule has 0 aliphatic heterocycles. The van der Waals surface area contributed by atoms with E-state index in [4.69, 9.17) is 5.11 Å². The largest absolute Gasteiger partial charge is 0.477 e. The van der Waals surface area contributed by atoms with Gasteiger partial charge >= 0.3 is 5.97 Å². The molecule has 106 valence electrons. The molecule has 0 amide bonds. The second-order valence-corrected chi connectivity index (χ2v) is 7.22. The summed E-state index contributed by atoms with van der Waals surface area (Å²) in [6.07, 6.45) is 0. The fourth-order valence-corrected chi connectivity index (χ4v) is 4.24. The van der Waals surface area contributed by atoms with Gasteiger partial charge in [0, 0.05) is 10.6 Å². The Hall–Kier alpha value is -1.86. The molecule has 2 aromatic rings. The smallest absolute Gasteiger partial charge is 0.345 e. The van der Waals surface area contributed by atoms with Crippen LogP contribution in [0.15, 0.2) is 35.2 Å². The fraction of sp³-hybridized carbons (Fsp3) is 0.154. The second-order valence-electron chi connectivity index (χ2n) is 4.31. The van der Waals surface area contributed by atoms with Crippen LogP contribution in [0.3, 0.4) is 0 Å². The number of nitrogens with one attached hydrogen (secondary N) is 1. The zero-order chi connectivity index (χ0) is 14.9. The zero-order valence-corrected chi connectivity index (χ0v) is 12.5. The second kappa shape index (κ2) is 5.26. The summed E-state index contributed by atoms with van der Waals surface area (Å²) in [6, 6.07) is 8.13. The van der Waals surface area contributed by atoms with Crippen LogP contribution < -0.4 is 4.72 Å². The molecular formula is C13H13NO4S2. The monoisotopic (exact) mass is 311 g/mol. The number of hydrogen-bond acceptors (Lipinski definition) is 4. The third kappa shape index (κ3) is 3.00. The minimum Gasteiger partial charge on any atom is -0.477 e. The van der Waals surface area contributed by atoms with E-state index in [2.05, 4.69) is 4.72 Å². The normalized spacial score (nSPS) is 11.3. The van der Waals surface area contributed by atoms with Gasteiger partial charge in [0.25, 0.3) is 10.0 Å². The topological polar surface area (TPSA) is 83.5 Å². The number of thiophene rings is 1. The number of benzene rings is 1. The van der Waals surface area contributed by atoms with Gasteiger partial charge < -0.3 is 5.11 Å². The van der Waals surface area contributed by atoms with Gasteiger partial charge in [0.2, 0.25) is 0 Å². The number of carboxylic acids is 1. The van der Waals surface area contributed by atoms with Crippen molar-refractivity contribution >= 4 is 33.0 Å². The molecule has 0 saturated carbocycles. The van der Waals surface area contributed by atoms with E-state index in [1.165, 1.54) is 6.07 Å². The summed E-state index contributed by atoms with van der Waals surface area (Å²) in [6.45, 7) is 3.44. The maximum absolute atomic E-state index is 12.3. The van der Waals surface area contributed by atoms with E-state index in [0.29, 0.717) is 10.6 Å². The fourth-order valence-electron chi connectivity index (χ4n) is 1.76. The van der Waals surface area contributed by atoms with Crippen molar-refractivity contribution < 1.29 is 18.3 Å². The van der Waals surface area contributed by atoms with Crippen molar-refractivity contribution in [1.29, 1.82) is 0 Å². The van der Waals surface area contributed by atoms with Gasteiger partial charge in [0.15, 0.2) is 0 Å². The van der Waals surface area contributed by atoms with Gasteiger partial charge in [-0.3, -0.25) is 4.72 Å². The Morgan fingerprint density at radius 2 is 1.95 bits per heavy atom. The van der Waals surface area contributed by atoms with Crippen LogP contribution in [0.4, 0.5) is 5.69 Å². The maximum atomic E-state index is 12.3. The minimum absolute atomic E-state index is 0.00130. The third-order valence-corrected chi connectivity index (χ3v) is 5.32. The van der Waals surface area contributed by atoms with Crippen LogP contribution in [0.25, 0.3) is 0 Å². The Bertz CT molecular complexity index is 762. The van der Waals surface area contributed by atoms with Gasteiger partial charge in [-0.2, -0.15) is 0 Å². The molecule has 0 aliphatic carbocycles. The predicted octanol–water partition coefficient (Wildman–Crippen LogP) is 2.86. The summed E-state index contributed by atoms with van der Waals surface area (Å²) in [4.78, 5) is 11.3. The lowest BCUT2D eigenvalue weighted by molar-refractivity contribution is 0.0702. The molecule has 0 aliphatic rings. The molecule has 5 nitrogen and oxygen atoms in total. The molecule has 0 unspecified atom stereocenters. The number of hydrogen-bond donors (Lipinski definition) is 2. The Morgan fingerprint density at radius 3 is 2.50 bits per heavy atom. The average Bonchev–Trinajstić information content (AvgIpc) is 2.71. The number of rotatable bonds is 4. The van der Waals surface area contributed by atoms with Crippen LogP contribution in [0.5, 0.6) is 0 Å². The average molecular weight is 311 g/mol. The molecule has 2 rings (SSSR count). The lowest BCUT2D eigenvalue weighted by Gasteiger charge is -2.08. The van der Waals surface area contributed by atoms with E-state index < -0.39 is 16.0 Å². The van der Waals surface area contributed by atoms with E-state index >= 15 is 0 Å². The standard InChI is InChI=1S/C13H13NO4S2/c1-8-4-3-5-10(6-8)14-20(17,18)12-7-11(13(15)16)19-9(12)2/h3-7,14H,1-2H3,(H,15,16). The zero-order valence-electron chi connectivity index (χ0n) is 10.9. The number of carbonyl (C=O) groups is 1. The first-order chi connectivity index (χ1) is 9.29. The van der Waals surface area contributed by atoms with Gasteiger partial charge in [-0.25, -0.2) is 13.2 Å². The molecular weight excluding hydrogens is 298 g/mol. The van der Waals surface area contributed by atoms with E-state index in [0.717, 1.165) is 16.9 Å². The van der Waals surface area contributed by atoms with Crippen molar-refractivity contribution in [1.82, 2.24) is 0 Å². The van der Waals surface area contributed by atoms with Crippen LogP contribution >= 0.6 is 11.3 Å². The van der Waals surface area contributed by atoms with Crippen LogP contribution in [0, 0.1) is 13.8 Å². The van der Waals surface area contributed by atoms with Crippen molar-refractivity contribution in [3.05, 3.63) is 45.6 Å². The Morgan fingerprint density at radius 1 is 1.25 bits per heavy atom. The van der Waals surface area contributed by atoms with E-state index in [1.807, 2.05) is 13.0 Å². The van der Waals surface area contributed by atoms with Crippen LogP contribution in [0.2, 0.25) is 0 Å². The maximum Gasteiger partial charge on any atom is 0.345 e. The number of aryl methyl sites for hydroxylation is 2. The molecule has 20 heavy (non-hydrogen) atoms. The van der Waals surface area contributed by atoms with Crippen molar-refractivity contribution in [3.63, 3.8) is 0 Å². The molecule has 0 atom stereocenters. The van der Waals surface area contributed by atoms with Crippen molar-refractivity contribution in [2.24, 2.45) is 0 Å². The highest BCUT2D eigenvalue weighted by Gasteiger charge is 2.22. The number of sulfonamides is 1. The van der Waals surface area contributed by atoms with Crippen LogP contribution in [-0.2, 0) is 10.0 Å². The predicted molar refractivity (Wildman–Crippen MR) is 78.0 cm³/mol. The van der Waals surface area contributed by atoms with Gasteiger partial charge in [0.05, 0.1) is 0 Å². The molecule has 0 bridgehead atoms. The molecule has 0 fully saturated rings. The Labute approximate surface area is 120 Å². The first-order valence-corrected chi connectivity index (χ1v) is 8.03. The lowest BCUT2D eigenvalue weighted by atomic mass is 10.2. The minimum atomic E-state index is -3.78. The highest BCUT2D eigenvalue weighted by Crippen LogP contribution is 2.27. The van der Waals surface area contributed by atoms with Crippen molar-refractivity contribution in [2.75, 3.05) is 4.72 Å². The first kappa shape index (κ1) is 14.5. The first-order valence-electron chi connectivity index (χ1n) is 5.73. The van der Waals surface area contributed by atoms with Gasteiger partial charge in [-0.05, 0) is 37.6 Å². The van der Waals surface area contributed by atoms with E-state index in [-0.39, 0.29) is 9.77 Å². The molecule has 0 radical (unpaired) electrons. The molecule has 1 aromatic heterocycles. The highest BCUT2D eigenvalue weighted by atomic mass is 32.2. The summed E-state index contributed by atoms with van der Waals surface area (Å²) in [5.74, 6) is -1.13. The molecule has 7 heteroatoms. The van der Waals surface area contributed by atoms with Crippen molar-refractivity contribution in [2.45, 2.75) is 18.7 Å². The highest BCUT2D eigenvalue weighted by molar-refractivity contribution is 7.93. The summed E-state index contributed by atoms with van der Waals surface area (Å²) in [7, 11) is -3.78. The lowest BCUT2D eigenvalue weighted by Crippen LogP contribution is -2.13. The molecule has 1 aromatic carbocycles. The SMILES string of the molecule is Cc1cccc(NS(=O)(=O)c2cc(C(=O)O)sc2C)c1. The number of anilines is 1. The van der Waals surface area contributed by atoms with Gasteiger partial charge in [-0.1, -0.05) is 12.1 Å². The molecule has 2 N–H and O–H groups in total. The van der Waals surface area contributed by atoms with Crippen LogP contribution in [-0.4, -0.2) is 19.5 Å². The van der Waals surface area contributed by atoms with E-state index in [1.54, 1.807) is 25.1 Å². The summed E-state index contributed by atoms with van der Waals surface area (Å²) in [5, 5.41) is 8.91. The molecule has 0 spiro atoms. The quantitative estimate of drug-likeness (QED) is 0.909. The summed E-state index contributed by atoms with van der Waals surface area (Å²) in [5.41, 5.74) is 1.38. The summed E-state index contributed by atoms with van der Waals surface area (Å²) < 4.78 is 27.0. The van der Waals surface area contributed by atoms with Gasteiger partial charge in [0.1, 0.15) is 9.77 Å². The summed E-state index contributed by atoms with van der Waals surface area (Å²) >= 11 is 0.944. The van der Waals surface area contributed by atoms with Gasteiger partial charge in [-0.15, -0.1) is 11.3 Å². The molecule has 1 heterocycles. The Balaban J connectivity index is 2.38. The Kier molecular flexibility index (Phi) is 3.82. The number of aromatic carboxylic acids is 1. The van der Waals surface area contributed by atoms with E-state index in [9.17, 15) is 13.2 Å². The number of carboxylic acid groups (broad SMARTS) is 1. The van der Waals surface area contributed by atoms with Crippen molar-refractivity contribution in [3.8, 4) is 0 Å².